The molecule has 0 spiro atoms. The molecule has 0 bridgehead atoms. The quantitative estimate of drug-likeness (QED) is 0.251. The topological polar surface area (TPSA) is 54.9 Å². The second kappa shape index (κ2) is 9.45. The van der Waals surface area contributed by atoms with E-state index in [9.17, 15) is 9.59 Å². The van der Waals surface area contributed by atoms with Crippen LogP contribution in [0.2, 0.25) is 0 Å². The summed E-state index contributed by atoms with van der Waals surface area (Å²) in [5.41, 5.74) is 4.71. The number of benzene rings is 3. The van der Waals surface area contributed by atoms with Crippen molar-refractivity contribution < 1.29 is 9.59 Å². The minimum Gasteiger partial charge on any atom is -0.360 e. The standard InChI is InChI=1S/C16H12BrNO.C9H6BrNO/c17-14-6-7-15-13(11-19)10-18(16(15)8-14)9-12-4-2-1-3-5-12;10-7-1-2-8-6(5-12)4-11-9(8)3-7/h1-8,10-11H,9H2;1-5,11H. The summed E-state index contributed by atoms with van der Waals surface area (Å²) < 4.78 is 4.14. The Labute approximate surface area is 196 Å². The lowest BCUT2D eigenvalue weighted by Gasteiger charge is -2.05. The molecule has 2 aromatic heterocycles. The predicted octanol–water partition coefficient (Wildman–Crippen LogP) is 7.01. The van der Waals surface area contributed by atoms with Crippen molar-refractivity contribution in [1.29, 1.82) is 0 Å². The van der Waals surface area contributed by atoms with Gasteiger partial charge in [0.1, 0.15) is 0 Å². The minimum absolute atomic E-state index is 0.706. The van der Waals surface area contributed by atoms with E-state index in [4.69, 9.17) is 0 Å². The number of aromatic amines is 1. The van der Waals surface area contributed by atoms with Crippen molar-refractivity contribution in [2.45, 2.75) is 6.54 Å². The van der Waals surface area contributed by atoms with E-state index in [0.717, 1.165) is 55.4 Å². The van der Waals surface area contributed by atoms with Gasteiger partial charge in [0.2, 0.25) is 0 Å². The zero-order valence-corrected chi connectivity index (χ0v) is 19.6. The van der Waals surface area contributed by atoms with Gasteiger partial charge >= 0.3 is 0 Å². The number of carbonyl (C=O) groups excluding carboxylic acids is 2. The maximum Gasteiger partial charge on any atom is 0.152 e. The number of aromatic nitrogens is 2. The summed E-state index contributed by atoms with van der Waals surface area (Å²) in [5, 5.41) is 1.96. The molecule has 0 atom stereocenters. The molecule has 6 heteroatoms. The van der Waals surface area contributed by atoms with Crippen LogP contribution in [-0.2, 0) is 6.54 Å². The van der Waals surface area contributed by atoms with Crippen molar-refractivity contribution in [2.75, 3.05) is 0 Å². The van der Waals surface area contributed by atoms with Crippen LogP contribution in [0.1, 0.15) is 26.3 Å². The summed E-state index contributed by atoms with van der Waals surface area (Å²) in [6.07, 6.45) is 5.39. The van der Waals surface area contributed by atoms with Crippen LogP contribution >= 0.6 is 31.9 Å². The molecule has 4 nitrogen and oxygen atoms in total. The average molecular weight is 538 g/mol. The molecule has 0 amide bonds. The first-order valence-electron chi connectivity index (χ1n) is 9.58. The number of aldehydes is 2. The Morgan fingerprint density at radius 2 is 1.48 bits per heavy atom. The Hall–Kier alpha value is -2.96. The molecule has 5 rings (SSSR count). The average Bonchev–Trinajstić information content (AvgIpc) is 3.35. The van der Waals surface area contributed by atoms with Crippen LogP contribution < -0.4 is 0 Å². The second-order valence-electron chi connectivity index (χ2n) is 7.03. The summed E-state index contributed by atoms with van der Waals surface area (Å²) in [6.45, 7) is 0.766. The SMILES string of the molecule is O=Cc1c[nH]c2cc(Br)ccc12.O=Cc1cn(Cc2ccccc2)c2cc(Br)ccc12. The van der Waals surface area contributed by atoms with Crippen molar-refractivity contribution in [3.05, 3.63) is 105 Å². The lowest BCUT2D eigenvalue weighted by Crippen LogP contribution is -1.97. The third-order valence-corrected chi connectivity index (χ3v) is 5.99. The minimum atomic E-state index is 0.706. The van der Waals surface area contributed by atoms with Crippen LogP contribution in [0.25, 0.3) is 21.8 Å². The van der Waals surface area contributed by atoms with Gasteiger partial charge in [0.25, 0.3) is 0 Å². The number of hydrogen-bond acceptors (Lipinski definition) is 2. The molecule has 0 saturated heterocycles. The first kappa shape index (κ1) is 21.3. The molecule has 31 heavy (non-hydrogen) atoms. The molecule has 5 aromatic rings. The van der Waals surface area contributed by atoms with Gasteiger partial charge in [-0.3, -0.25) is 9.59 Å². The zero-order valence-electron chi connectivity index (χ0n) is 16.4. The summed E-state index contributed by atoms with van der Waals surface area (Å²) in [5.74, 6) is 0. The molecule has 0 aliphatic carbocycles. The lowest BCUT2D eigenvalue weighted by atomic mass is 10.2. The highest BCUT2D eigenvalue weighted by Gasteiger charge is 2.08. The van der Waals surface area contributed by atoms with E-state index in [1.165, 1.54) is 5.56 Å². The van der Waals surface area contributed by atoms with E-state index < -0.39 is 0 Å². The van der Waals surface area contributed by atoms with Gasteiger partial charge in [0.15, 0.2) is 12.6 Å². The van der Waals surface area contributed by atoms with Crippen molar-refractivity contribution >= 4 is 66.2 Å². The molecular weight excluding hydrogens is 520 g/mol. The number of hydrogen-bond donors (Lipinski definition) is 1. The van der Waals surface area contributed by atoms with Crippen molar-refractivity contribution in [1.82, 2.24) is 9.55 Å². The van der Waals surface area contributed by atoms with Crippen LogP contribution in [0.4, 0.5) is 0 Å². The summed E-state index contributed by atoms with van der Waals surface area (Å²) in [4.78, 5) is 24.7. The van der Waals surface area contributed by atoms with Crippen LogP contribution in [0, 0.1) is 0 Å². The molecule has 0 unspecified atom stereocenters. The van der Waals surface area contributed by atoms with Crippen LogP contribution in [0.5, 0.6) is 0 Å². The summed E-state index contributed by atoms with van der Waals surface area (Å²) >= 11 is 6.84. The van der Waals surface area contributed by atoms with E-state index in [0.29, 0.717) is 5.56 Å². The molecule has 0 aliphatic heterocycles. The molecular formula is C25H18Br2N2O2. The lowest BCUT2D eigenvalue weighted by molar-refractivity contribution is 0.111. The normalized spacial score (nSPS) is 10.6. The third kappa shape index (κ3) is 4.70. The Bertz CT molecular complexity index is 1370. The molecule has 0 fully saturated rings. The maximum atomic E-state index is 11.1. The van der Waals surface area contributed by atoms with Gasteiger partial charge < -0.3 is 9.55 Å². The number of fused-ring (bicyclic) bond motifs is 2. The molecule has 3 aromatic carbocycles. The van der Waals surface area contributed by atoms with Gasteiger partial charge in [-0.2, -0.15) is 0 Å². The predicted molar refractivity (Wildman–Crippen MR) is 132 cm³/mol. The van der Waals surface area contributed by atoms with Crippen LogP contribution in [0.3, 0.4) is 0 Å². The van der Waals surface area contributed by atoms with Crippen molar-refractivity contribution in [3.8, 4) is 0 Å². The van der Waals surface area contributed by atoms with E-state index in [-0.39, 0.29) is 0 Å². The molecule has 1 N–H and O–H groups in total. The highest BCUT2D eigenvalue weighted by molar-refractivity contribution is 9.10. The maximum absolute atomic E-state index is 11.1. The molecule has 154 valence electrons. The number of H-pyrrole nitrogens is 1. The Morgan fingerprint density at radius 3 is 2.19 bits per heavy atom. The first-order chi connectivity index (χ1) is 15.1. The number of carbonyl (C=O) groups is 2. The summed E-state index contributed by atoms with van der Waals surface area (Å²) in [6, 6.07) is 22.0. The highest BCUT2D eigenvalue weighted by atomic mass is 79.9. The largest absolute Gasteiger partial charge is 0.360 e. The number of nitrogens with one attached hydrogen (secondary N) is 1. The fourth-order valence-corrected chi connectivity index (χ4v) is 4.23. The molecule has 0 aliphatic rings. The van der Waals surface area contributed by atoms with Gasteiger partial charge in [-0.1, -0.05) is 74.3 Å². The van der Waals surface area contributed by atoms with Gasteiger partial charge in [0, 0.05) is 55.3 Å². The monoisotopic (exact) mass is 536 g/mol. The zero-order chi connectivity index (χ0) is 21.8. The van der Waals surface area contributed by atoms with E-state index >= 15 is 0 Å². The third-order valence-electron chi connectivity index (χ3n) is 5.00. The Kier molecular flexibility index (Phi) is 6.49. The van der Waals surface area contributed by atoms with Gasteiger partial charge in [-0.15, -0.1) is 0 Å². The number of halogens is 2. The fourth-order valence-electron chi connectivity index (χ4n) is 3.52. The van der Waals surface area contributed by atoms with Crippen LogP contribution in [0.15, 0.2) is 88.1 Å². The number of rotatable bonds is 4. The molecule has 2 heterocycles. The smallest absolute Gasteiger partial charge is 0.152 e. The Balaban J connectivity index is 0.000000166. The van der Waals surface area contributed by atoms with Gasteiger partial charge in [0.05, 0.1) is 5.52 Å². The fraction of sp³-hybridized carbons (Fsp3) is 0.0400. The van der Waals surface area contributed by atoms with Crippen molar-refractivity contribution in [2.24, 2.45) is 0 Å². The first-order valence-corrected chi connectivity index (χ1v) is 11.2. The van der Waals surface area contributed by atoms with E-state index in [2.05, 4.69) is 53.5 Å². The summed E-state index contributed by atoms with van der Waals surface area (Å²) in [7, 11) is 0. The van der Waals surface area contributed by atoms with Gasteiger partial charge in [-0.25, -0.2) is 0 Å². The van der Waals surface area contributed by atoms with E-state index in [1.54, 1.807) is 6.20 Å². The second-order valence-corrected chi connectivity index (χ2v) is 8.86. The van der Waals surface area contributed by atoms with E-state index in [1.807, 2.05) is 60.8 Å². The molecule has 0 saturated carbocycles. The Morgan fingerprint density at radius 1 is 0.806 bits per heavy atom. The van der Waals surface area contributed by atoms with Crippen molar-refractivity contribution in [3.63, 3.8) is 0 Å². The van der Waals surface area contributed by atoms with Gasteiger partial charge in [-0.05, 0) is 29.8 Å². The highest BCUT2D eigenvalue weighted by Crippen LogP contribution is 2.25. The molecule has 0 radical (unpaired) electrons. The van der Waals surface area contributed by atoms with Crippen LogP contribution in [-0.4, -0.2) is 22.1 Å². The number of nitrogens with zero attached hydrogens (tertiary/aromatic N) is 1.